The largest absolute Gasteiger partial charge is 0.481 e. The van der Waals surface area contributed by atoms with Gasteiger partial charge in [-0.15, -0.1) is 0 Å². The number of nitrogens with one attached hydrogen (secondary N) is 1. The lowest BCUT2D eigenvalue weighted by molar-refractivity contribution is -0.168. The molecule has 2 unspecified atom stereocenters. The number of hydrogen-bond acceptors (Lipinski definition) is 6. The van der Waals surface area contributed by atoms with Gasteiger partial charge in [0.1, 0.15) is 5.82 Å². The molecular weight excluding hydrogens is 394 g/mol. The molecule has 0 aromatic carbocycles. The van der Waals surface area contributed by atoms with E-state index in [1.807, 2.05) is 13.8 Å². The monoisotopic (exact) mass is 427 g/mol. The summed E-state index contributed by atoms with van der Waals surface area (Å²) < 4.78 is 0. The molecular formula is C23H33N5O3. The molecule has 2 N–H and O–H groups in total. The van der Waals surface area contributed by atoms with Crippen LogP contribution in [0.15, 0.2) is 18.6 Å². The highest BCUT2D eigenvalue weighted by Gasteiger charge is 2.59. The van der Waals surface area contributed by atoms with E-state index in [1.54, 1.807) is 18.6 Å². The van der Waals surface area contributed by atoms with Crippen molar-refractivity contribution in [1.29, 1.82) is 0 Å². The Kier molecular flexibility index (Phi) is 4.95. The molecule has 4 aliphatic carbocycles. The minimum absolute atomic E-state index is 0.0716. The van der Waals surface area contributed by atoms with Gasteiger partial charge in [0.15, 0.2) is 0 Å². The Hall–Kier alpha value is -2.22. The Bertz CT molecular complexity index is 836. The number of carbonyl (C=O) groups excluding carboxylic acids is 1. The number of hydrogen-bond donors (Lipinski definition) is 2. The molecule has 4 bridgehead atoms. The van der Waals surface area contributed by atoms with Crippen LogP contribution < -0.4 is 10.2 Å². The number of nitrogens with zero attached hydrogens (tertiary/aromatic N) is 4. The standard InChI is InChI=1S/C23H33N5O3/c1-22(2,28-7-5-27(6-8-28)18-14-24-3-4-25-18)20(29)26-19-16-9-15-10-17(19)13-23(11-15,12-16)21(30)31/h3-4,14-17,19H,5-13H2,1-2H3,(H,26,29)(H,30,31). The second kappa shape index (κ2) is 7.43. The number of carbonyl (C=O) groups is 2. The first-order chi connectivity index (χ1) is 14.8. The van der Waals surface area contributed by atoms with Crippen LogP contribution in [0.2, 0.25) is 0 Å². The predicted octanol–water partition coefficient (Wildman–Crippen LogP) is 1.77. The highest BCUT2D eigenvalue weighted by atomic mass is 16.4. The van der Waals surface area contributed by atoms with E-state index in [1.165, 1.54) is 0 Å². The zero-order chi connectivity index (χ0) is 21.8. The van der Waals surface area contributed by atoms with Crippen molar-refractivity contribution in [3.63, 3.8) is 0 Å². The molecule has 1 amide bonds. The van der Waals surface area contributed by atoms with E-state index < -0.39 is 16.9 Å². The Morgan fingerprint density at radius 3 is 2.35 bits per heavy atom. The SMILES string of the molecule is CC(C)(C(=O)NC1C2CC3CC1CC(C(=O)O)(C3)C2)N1CCN(c2cnccn2)CC1. The van der Waals surface area contributed by atoms with Gasteiger partial charge in [-0.3, -0.25) is 19.5 Å². The Morgan fingerprint density at radius 1 is 1.10 bits per heavy atom. The van der Waals surface area contributed by atoms with Gasteiger partial charge in [0, 0.05) is 44.6 Å². The molecule has 31 heavy (non-hydrogen) atoms. The van der Waals surface area contributed by atoms with Crippen LogP contribution >= 0.6 is 0 Å². The average Bonchev–Trinajstić information content (AvgIpc) is 2.76. The van der Waals surface area contributed by atoms with E-state index in [-0.39, 0.29) is 11.9 Å². The van der Waals surface area contributed by atoms with Crippen molar-refractivity contribution in [2.75, 3.05) is 31.1 Å². The fraction of sp³-hybridized carbons (Fsp3) is 0.739. The molecule has 1 aliphatic heterocycles. The Morgan fingerprint density at radius 2 is 1.77 bits per heavy atom. The lowest BCUT2D eigenvalue weighted by Gasteiger charge is -2.58. The number of anilines is 1. The summed E-state index contributed by atoms with van der Waals surface area (Å²) in [6.07, 6.45) is 9.56. The zero-order valence-corrected chi connectivity index (χ0v) is 18.5. The van der Waals surface area contributed by atoms with Gasteiger partial charge in [0.25, 0.3) is 0 Å². The van der Waals surface area contributed by atoms with Gasteiger partial charge in [-0.05, 0) is 63.7 Å². The van der Waals surface area contributed by atoms with Crippen LogP contribution in [0.1, 0.15) is 46.0 Å². The van der Waals surface area contributed by atoms with Gasteiger partial charge in [0.05, 0.1) is 17.2 Å². The second-order valence-electron chi connectivity index (χ2n) is 10.7. The molecule has 1 aromatic heterocycles. The fourth-order valence-electron chi connectivity index (χ4n) is 6.94. The average molecular weight is 428 g/mol. The lowest BCUT2D eigenvalue weighted by Crippen LogP contribution is -2.66. The first kappa shape index (κ1) is 20.7. The molecule has 1 aromatic rings. The van der Waals surface area contributed by atoms with Crippen molar-refractivity contribution < 1.29 is 14.7 Å². The number of amides is 1. The third-order valence-electron chi connectivity index (χ3n) is 8.52. The van der Waals surface area contributed by atoms with Crippen molar-refractivity contribution in [2.45, 2.75) is 57.5 Å². The van der Waals surface area contributed by atoms with Crippen molar-refractivity contribution in [1.82, 2.24) is 20.2 Å². The topological polar surface area (TPSA) is 98.7 Å². The molecule has 0 radical (unpaired) electrons. The van der Waals surface area contributed by atoms with Crippen molar-refractivity contribution in [3.05, 3.63) is 18.6 Å². The van der Waals surface area contributed by atoms with Gasteiger partial charge in [0.2, 0.25) is 5.91 Å². The Labute approximate surface area is 183 Å². The van der Waals surface area contributed by atoms with E-state index in [4.69, 9.17) is 0 Å². The normalized spacial score (nSPS) is 35.2. The number of aliphatic carboxylic acids is 1. The Balaban J connectivity index is 1.22. The van der Waals surface area contributed by atoms with E-state index >= 15 is 0 Å². The molecule has 8 nitrogen and oxygen atoms in total. The number of rotatable bonds is 5. The number of aromatic nitrogens is 2. The summed E-state index contributed by atoms with van der Waals surface area (Å²) in [6.45, 7) is 7.22. The highest BCUT2D eigenvalue weighted by molar-refractivity contribution is 5.86. The van der Waals surface area contributed by atoms with Crippen LogP contribution in [0.5, 0.6) is 0 Å². The minimum atomic E-state index is -0.627. The molecule has 2 atom stereocenters. The smallest absolute Gasteiger partial charge is 0.309 e. The summed E-state index contributed by atoms with van der Waals surface area (Å²) in [5.41, 5.74) is -1.14. The molecule has 0 spiro atoms. The molecule has 2 heterocycles. The van der Waals surface area contributed by atoms with E-state index in [0.717, 1.165) is 64.1 Å². The second-order valence-corrected chi connectivity index (χ2v) is 10.7. The summed E-state index contributed by atoms with van der Waals surface area (Å²) in [4.78, 5) is 38.4. The van der Waals surface area contributed by atoms with E-state index in [2.05, 4.69) is 25.1 Å². The quantitative estimate of drug-likeness (QED) is 0.739. The molecule has 5 aliphatic rings. The summed E-state index contributed by atoms with van der Waals surface area (Å²) in [6, 6.07) is 0.122. The fourth-order valence-corrected chi connectivity index (χ4v) is 6.94. The van der Waals surface area contributed by atoms with Gasteiger partial charge < -0.3 is 15.3 Å². The molecule has 1 saturated heterocycles. The lowest BCUT2D eigenvalue weighted by atomic mass is 9.48. The number of carboxylic acids is 1. The molecule has 8 heteroatoms. The summed E-state index contributed by atoms with van der Waals surface area (Å²) in [5, 5.41) is 13.2. The van der Waals surface area contributed by atoms with Crippen molar-refractivity contribution >= 4 is 17.7 Å². The molecule has 5 fully saturated rings. The van der Waals surface area contributed by atoms with E-state index in [9.17, 15) is 14.7 Å². The predicted molar refractivity (Wildman–Crippen MR) is 115 cm³/mol. The van der Waals surface area contributed by atoms with Crippen LogP contribution in [0, 0.1) is 23.2 Å². The maximum Gasteiger partial charge on any atom is 0.309 e. The summed E-state index contributed by atoms with van der Waals surface area (Å²) >= 11 is 0. The van der Waals surface area contributed by atoms with Crippen LogP contribution in [-0.4, -0.2) is 69.6 Å². The molecule has 4 saturated carbocycles. The van der Waals surface area contributed by atoms with Crippen molar-refractivity contribution in [2.24, 2.45) is 23.2 Å². The van der Waals surface area contributed by atoms with Gasteiger partial charge in [-0.25, -0.2) is 4.98 Å². The first-order valence-electron chi connectivity index (χ1n) is 11.6. The number of piperazine rings is 1. The van der Waals surface area contributed by atoms with Gasteiger partial charge >= 0.3 is 5.97 Å². The van der Waals surface area contributed by atoms with Crippen LogP contribution in [0.4, 0.5) is 5.82 Å². The third-order valence-corrected chi connectivity index (χ3v) is 8.52. The molecule has 6 rings (SSSR count). The van der Waals surface area contributed by atoms with Crippen LogP contribution in [-0.2, 0) is 9.59 Å². The van der Waals surface area contributed by atoms with Gasteiger partial charge in [-0.2, -0.15) is 0 Å². The summed E-state index contributed by atoms with van der Waals surface area (Å²) in [5.74, 6) is 1.45. The van der Waals surface area contributed by atoms with Crippen molar-refractivity contribution in [3.8, 4) is 0 Å². The van der Waals surface area contributed by atoms with Crippen LogP contribution in [0.25, 0.3) is 0 Å². The van der Waals surface area contributed by atoms with Gasteiger partial charge in [-0.1, -0.05) is 0 Å². The minimum Gasteiger partial charge on any atom is -0.481 e. The summed E-state index contributed by atoms with van der Waals surface area (Å²) in [7, 11) is 0. The zero-order valence-electron chi connectivity index (χ0n) is 18.5. The van der Waals surface area contributed by atoms with E-state index in [0.29, 0.717) is 17.8 Å². The number of carboxylic acid groups (broad SMARTS) is 1. The maximum absolute atomic E-state index is 13.4. The highest BCUT2D eigenvalue weighted by Crippen LogP contribution is 2.60. The first-order valence-corrected chi connectivity index (χ1v) is 11.6. The molecule has 168 valence electrons. The van der Waals surface area contributed by atoms with Crippen LogP contribution in [0.3, 0.4) is 0 Å². The third kappa shape index (κ3) is 3.49. The maximum atomic E-state index is 13.4.